The molecule has 11 heteroatoms. The number of carbonyl (C=O) groups is 2. The van der Waals surface area contributed by atoms with Crippen molar-refractivity contribution < 1.29 is 28.3 Å². The van der Waals surface area contributed by atoms with E-state index in [9.17, 15) is 14.0 Å². The molecule has 40 heavy (non-hydrogen) atoms. The number of imidazole rings is 1. The van der Waals surface area contributed by atoms with Crippen LogP contribution in [0.15, 0.2) is 54.9 Å². The monoisotopic (exact) mass is 549 g/mol. The van der Waals surface area contributed by atoms with Crippen LogP contribution in [0, 0.1) is 11.6 Å². The van der Waals surface area contributed by atoms with E-state index in [2.05, 4.69) is 21.1 Å². The summed E-state index contributed by atoms with van der Waals surface area (Å²) in [5, 5.41) is 14.5. The van der Waals surface area contributed by atoms with Crippen molar-refractivity contribution in [2.45, 2.75) is 38.6 Å². The quantitative estimate of drug-likeness (QED) is 0.155. The molecule has 0 atom stereocenters. The molecule has 9 nitrogen and oxygen atoms in total. The Morgan fingerprint density at radius 1 is 1.15 bits per heavy atom. The van der Waals surface area contributed by atoms with Crippen molar-refractivity contribution in [1.29, 1.82) is 0 Å². The van der Waals surface area contributed by atoms with Gasteiger partial charge in [0, 0.05) is 18.7 Å². The van der Waals surface area contributed by atoms with Gasteiger partial charge in [-0.2, -0.15) is 0 Å². The van der Waals surface area contributed by atoms with Crippen LogP contribution >= 0.6 is 0 Å². The number of aliphatic hydroxyl groups excluding tert-OH is 1. The molecule has 4 N–H and O–H groups in total. The fourth-order valence-electron chi connectivity index (χ4n) is 4.43. The van der Waals surface area contributed by atoms with E-state index in [0.29, 0.717) is 23.5 Å². The van der Waals surface area contributed by atoms with Crippen LogP contribution in [0.4, 0.5) is 25.8 Å². The fraction of sp³-hybridized carbons (Fsp3) is 0.276. The third-order valence-corrected chi connectivity index (χ3v) is 6.65. The van der Waals surface area contributed by atoms with E-state index >= 15 is 4.39 Å². The first-order valence-corrected chi connectivity index (χ1v) is 13.0. The van der Waals surface area contributed by atoms with Gasteiger partial charge in [0.15, 0.2) is 5.82 Å². The second-order valence-electron chi connectivity index (χ2n) is 9.60. The first-order valence-electron chi connectivity index (χ1n) is 13.0. The molecule has 0 spiro atoms. The second-order valence-corrected chi connectivity index (χ2v) is 9.60. The molecule has 1 saturated carbocycles. The van der Waals surface area contributed by atoms with Crippen LogP contribution in [0.2, 0.25) is 0 Å². The van der Waals surface area contributed by atoms with Gasteiger partial charge in [0.1, 0.15) is 11.3 Å². The summed E-state index contributed by atoms with van der Waals surface area (Å²) in [6.45, 7) is 1.54. The molecule has 1 aliphatic carbocycles. The van der Waals surface area contributed by atoms with E-state index in [4.69, 9.17) is 9.94 Å². The fourth-order valence-corrected chi connectivity index (χ4v) is 4.43. The van der Waals surface area contributed by atoms with E-state index in [1.807, 2.05) is 6.07 Å². The SMILES string of the molecule is CCC(=O)Nc1cccc(Cn2cnc3c(F)c(Nc4ccc(C5CC5)cc4F)c(C(=O)NOCCO)cc32)c1. The van der Waals surface area contributed by atoms with Crippen LogP contribution in [-0.2, 0) is 16.2 Å². The van der Waals surface area contributed by atoms with Gasteiger partial charge in [-0.25, -0.2) is 19.2 Å². The zero-order valence-corrected chi connectivity index (χ0v) is 21.8. The van der Waals surface area contributed by atoms with E-state index in [1.54, 1.807) is 35.8 Å². The molecule has 0 radical (unpaired) electrons. The summed E-state index contributed by atoms with van der Waals surface area (Å²) in [5.41, 5.74) is 4.43. The zero-order valence-electron chi connectivity index (χ0n) is 21.8. The third-order valence-electron chi connectivity index (χ3n) is 6.65. The molecular formula is C29H29F2N5O4. The summed E-state index contributed by atoms with van der Waals surface area (Å²) in [7, 11) is 0. The van der Waals surface area contributed by atoms with Crippen LogP contribution in [0.1, 0.15) is 53.6 Å². The maximum atomic E-state index is 15.9. The number of anilines is 3. The predicted octanol–water partition coefficient (Wildman–Crippen LogP) is 4.99. The largest absolute Gasteiger partial charge is 0.394 e. The highest BCUT2D eigenvalue weighted by Gasteiger charge is 2.26. The van der Waals surface area contributed by atoms with Crippen LogP contribution in [0.5, 0.6) is 0 Å². The van der Waals surface area contributed by atoms with Crippen LogP contribution in [-0.4, -0.2) is 39.7 Å². The minimum atomic E-state index is -0.835. The van der Waals surface area contributed by atoms with Crippen molar-refractivity contribution >= 4 is 39.9 Å². The molecule has 208 valence electrons. The van der Waals surface area contributed by atoms with Crippen LogP contribution in [0.25, 0.3) is 11.0 Å². The maximum Gasteiger partial charge on any atom is 0.277 e. The van der Waals surface area contributed by atoms with Gasteiger partial charge in [-0.1, -0.05) is 25.1 Å². The van der Waals surface area contributed by atoms with E-state index in [-0.39, 0.29) is 48.1 Å². The summed E-state index contributed by atoms with van der Waals surface area (Å²) in [5.74, 6) is -1.96. The van der Waals surface area contributed by atoms with E-state index in [0.717, 1.165) is 24.0 Å². The lowest BCUT2D eigenvalue weighted by atomic mass is 10.1. The van der Waals surface area contributed by atoms with E-state index in [1.165, 1.54) is 24.5 Å². The lowest BCUT2D eigenvalue weighted by molar-refractivity contribution is -0.115. The molecular weight excluding hydrogens is 520 g/mol. The first kappa shape index (κ1) is 27.2. The van der Waals surface area contributed by atoms with E-state index < -0.39 is 17.5 Å². The summed E-state index contributed by atoms with van der Waals surface area (Å²) in [6.07, 6.45) is 3.81. The number of rotatable bonds is 11. The van der Waals surface area contributed by atoms with Gasteiger partial charge in [0.2, 0.25) is 5.91 Å². The predicted molar refractivity (Wildman–Crippen MR) is 146 cm³/mol. The van der Waals surface area contributed by atoms with Crippen molar-refractivity contribution in [1.82, 2.24) is 15.0 Å². The Kier molecular flexibility index (Phi) is 8.04. The lowest BCUT2D eigenvalue weighted by Crippen LogP contribution is -2.26. The van der Waals surface area contributed by atoms with Gasteiger partial charge in [-0.3, -0.25) is 14.4 Å². The number of amides is 2. The molecule has 0 bridgehead atoms. The highest BCUT2D eigenvalue weighted by atomic mass is 19.1. The number of halogens is 2. The van der Waals surface area contributed by atoms with Crippen LogP contribution in [0.3, 0.4) is 0 Å². The first-order chi connectivity index (χ1) is 19.4. The van der Waals surface area contributed by atoms with Crippen molar-refractivity contribution in [2.75, 3.05) is 23.8 Å². The molecule has 1 aliphatic rings. The number of benzene rings is 3. The van der Waals surface area contributed by atoms with Crippen molar-refractivity contribution in [2.24, 2.45) is 0 Å². The second kappa shape index (κ2) is 11.8. The molecule has 1 heterocycles. The average molecular weight is 550 g/mol. The van der Waals surface area contributed by atoms with Crippen molar-refractivity contribution in [3.05, 3.63) is 83.2 Å². The minimum Gasteiger partial charge on any atom is -0.394 e. The van der Waals surface area contributed by atoms with Gasteiger partial charge >= 0.3 is 0 Å². The number of aromatic nitrogens is 2. The molecule has 2 amide bonds. The molecule has 0 aliphatic heterocycles. The van der Waals surface area contributed by atoms with Crippen molar-refractivity contribution in [3.63, 3.8) is 0 Å². The number of nitrogens with one attached hydrogen (secondary N) is 3. The molecule has 4 aromatic rings. The summed E-state index contributed by atoms with van der Waals surface area (Å²) in [6, 6.07) is 13.4. The Morgan fingerprint density at radius 2 is 1.98 bits per heavy atom. The van der Waals surface area contributed by atoms with Gasteiger partial charge in [0.05, 0.1) is 42.0 Å². The third kappa shape index (κ3) is 5.95. The summed E-state index contributed by atoms with van der Waals surface area (Å²) < 4.78 is 32.6. The average Bonchev–Trinajstić information content (AvgIpc) is 3.72. The standard InChI is InChI=1S/C29H29F2N5O4/c1-2-25(38)33-20-5-3-4-17(12-20)15-36-16-32-28-24(36)14-21(29(39)35-40-11-10-37)27(26(28)31)34-23-9-8-19(13-22(23)30)18-6-7-18/h3-5,8-9,12-14,16,18,34,37H,2,6-7,10-11,15H2,1H3,(H,33,38)(H,35,39). The Bertz CT molecular complexity index is 1570. The van der Waals surface area contributed by atoms with Gasteiger partial charge in [-0.05, 0) is 60.2 Å². The lowest BCUT2D eigenvalue weighted by Gasteiger charge is -2.16. The maximum absolute atomic E-state index is 15.9. The number of nitrogens with zero attached hydrogens (tertiary/aromatic N) is 2. The zero-order chi connectivity index (χ0) is 28.2. The number of aliphatic hydroxyl groups is 1. The number of hydrogen-bond acceptors (Lipinski definition) is 6. The summed E-state index contributed by atoms with van der Waals surface area (Å²) >= 11 is 0. The highest BCUT2D eigenvalue weighted by molar-refractivity contribution is 6.04. The van der Waals surface area contributed by atoms with Crippen LogP contribution < -0.4 is 16.1 Å². The number of fused-ring (bicyclic) bond motifs is 1. The molecule has 0 saturated heterocycles. The Balaban J connectivity index is 1.51. The minimum absolute atomic E-state index is 0.0124. The van der Waals surface area contributed by atoms with Gasteiger partial charge in [0.25, 0.3) is 5.91 Å². The normalized spacial score (nSPS) is 12.9. The van der Waals surface area contributed by atoms with Gasteiger partial charge in [-0.15, -0.1) is 0 Å². The number of hydrogen-bond donors (Lipinski definition) is 4. The molecule has 1 aromatic heterocycles. The Hall–Kier alpha value is -4.35. The topological polar surface area (TPSA) is 118 Å². The molecule has 0 unspecified atom stereocenters. The Morgan fingerprint density at radius 3 is 2.70 bits per heavy atom. The molecule has 3 aromatic carbocycles. The molecule has 1 fully saturated rings. The Labute approximate surface area is 229 Å². The van der Waals surface area contributed by atoms with Gasteiger partial charge < -0.3 is 20.3 Å². The smallest absolute Gasteiger partial charge is 0.277 e. The van der Waals surface area contributed by atoms with Crippen molar-refractivity contribution in [3.8, 4) is 0 Å². The number of carbonyl (C=O) groups excluding carboxylic acids is 2. The summed E-state index contributed by atoms with van der Waals surface area (Å²) in [4.78, 5) is 34.0. The number of hydroxylamine groups is 1. The highest BCUT2D eigenvalue weighted by Crippen LogP contribution is 2.41. The molecule has 5 rings (SSSR count).